The van der Waals surface area contributed by atoms with Crippen LogP contribution < -0.4 is 10.6 Å². The van der Waals surface area contributed by atoms with E-state index in [1.165, 1.54) is 13.2 Å². The Morgan fingerprint density at radius 2 is 1.88 bits per heavy atom. The molecule has 126 valence electrons. The third kappa shape index (κ3) is 2.68. The van der Waals surface area contributed by atoms with Crippen molar-refractivity contribution in [1.29, 1.82) is 0 Å². The van der Waals surface area contributed by atoms with Gasteiger partial charge in [-0.25, -0.2) is 4.39 Å². The molecule has 0 saturated heterocycles. The molecule has 0 bridgehead atoms. The summed E-state index contributed by atoms with van der Waals surface area (Å²) >= 11 is 12.0. The van der Waals surface area contributed by atoms with Gasteiger partial charge in [0.25, 0.3) is 7.37 Å². The molecule has 24 heavy (non-hydrogen) atoms. The SMILES string of the molecule is COP(=O)(c1cc(C)cc(Cl)c1)c1c(C)[nH]c2ccc(Cl)c(F)c12. The van der Waals surface area contributed by atoms with Gasteiger partial charge in [0.15, 0.2) is 5.82 Å². The van der Waals surface area contributed by atoms with E-state index in [1.807, 2.05) is 6.92 Å². The summed E-state index contributed by atoms with van der Waals surface area (Å²) in [4.78, 5) is 3.05. The van der Waals surface area contributed by atoms with E-state index in [-0.39, 0.29) is 15.7 Å². The van der Waals surface area contributed by atoms with E-state index in [9.17, 15) is 8.96 Å². The lowest BCUT2D eigenvalue weighted by Crippen LogP contribution is -2.20. The normalized spacial score (nSPS) is 14.1. The number of fused-ring (bicyclic) bond motifs is 1. The molecule has 0 aliphatic rings. The van der Waals surface area contributed by atoms with Crippen LogP contribution in [0.25, 0.3) is 10.9 Å². The standard InChI is InChI=1S/C17H15Cl2FNO2P/c1-9-6-11(18)8-12(7-9)24(22,23-3)17-10(2)21-14-5-4-13(19)16(20)15(14)17/h4-8,21H,1-3H3. The highest BCUT2D eigenvalue weighted by molar-refractivity contribution is 7.75. The van der Waals surface area contributed by atoms with Gasteiger partial charge in [0, 0.05) is 28.6 Å². The summed E-state index contributed by atoms with van der Waals surface area (Å²) in [6.07, 6.45) is 0. The Hall–Kier alpha value is -1.32. The highest BCUT2D eigenvalue weighted by atomic mass is 35.5. The summed E-state index contributed by atoms with van der Waals surface area (Å²) < 4.78 is 33.8. The van der Waals surface area contributed by atoms with Gasteiger partial charge in [-0.1, -0.05) is 23.2 Å². The number of hydrogen-bond donors (Lipinski definition) is 1. The van der Waals surface area contributed by atoms with Crippen molar-refractivity contribution in [1.82, 2.24) is 4.98 Å². The number of rotatable bonds is 3. The molecule has 3 nitrogen and oxygen atoms in total. The quantitative estimate of drug-likeness (QED) is 0.636. The van der Waals surface area contributed by atoms with E-state index >= 15 is 0 Å². The van der Waals surface area contributed by atoms with E-state index in [0.717, 1.165) is 5.56 Å². The van der Waals surface area contributed by atoms with Crippen LogP contribution in [0, 0.1) is 19.7 Å². The van der Waals surface area contributed by atoms with E-state index in [2.05, 4.69) is 4.98 Å². The van der Waals surface area contributed by atoms with Crippen molar-refractivity contribution >= 4 is 52.1 Å². The van der Waals surface area contributed by atoms with Crippen molar-refractivity contribution in [3.8, 4) is 0 Å². The Balaban J connectivity index is 2.40. The fourth-order valence-electron chi connectivity index (χ4n) is 2.92. The first-order chi connectivity index (χ1) is 11.3. The average Bonchev–Trinajstić information content (AvgIpc) is 2.87. The molecule has 1 unspecified atom stereocenters. The van der Waals surface area contributed by atoms with Gasteiger partial charge in [0.05, 0.1) is 15.7 Å². The van der Waals surface area contributed by atoms with Gasteiger partial charge >= 0.3 is 0 Å². The summed E-state index contributed by atoms with van der Waals surface area (Å²) in [6, 6.07) is 8.18. The lowest BCUT2D eigenvalue weighted by Gasteiger charge is -2.18. The average molecular weight is 386 g/mol. The predicted octanol–water partition coefficient (Wildman–Crippen LogP) is 5.11. The molecule has 0 aliphatic heterocycles. The Kier molecular flexibility index (Phi) is 4.52. The van der Waals surface area contributed by atoms with Crippen LogP contribution >= 0.6 is 30.6 Å². The van der Waals surface area contributed by atoms with Crippen LogP contribution in [0.5, 0.6) is 0 Å². The Morgan fingerprint density at radius 1 is 1.17 bits per heavy atom. The fourth-order valence-corrected chi connectivity index (χ4v) is 5.78. The molecular formula is C17H15Cl2FNO2P. The van der Waals surface area contributed by atoms with Gasteiger partial charge in [-0.2, -0.15) is 0 Å². The molecule has 0 spiro atoms. The molecule has 2 aromatic carbocycles. The van der Waals surface area contributed by atoms with Crippen LogP contribution in [-0.2, 0) is 9.09 Å². The van der Waals surface area contributed by atoms with Gasteiger partial charge in [-0.05, 0) is 49.7 Å². The molecule has 3 rings (SSSR count). The number of aromatic amines is 1. The Labute approximate surface area is 149 Å². The molecule has 1 N–H and O–H groups in total. The molecule has 1 heterocycles. The number of aromatic nitrogens is 1. The molecule has 1 aromatic heterocycles. The molecule has 0 saturated carbocycles. The maximum atomic E-state index is 14.7. The van der Waals surface area contributed by atoms with Gasteiger partial charge in [0.2, 0.25) is 0 Å². The Morgan fingerprint density at radius 3 is 2.50 bits per heavy atom. The summed E-state index contributed by atoms with van der Waals surface area (Å²) in [5.74, 6) is -0.621. The van der Waals surface area contributed by atoms with Gasteiger partial charge in [-0.15, -0.1) is 0 Å². The van der Waals surface area contributed by atoms with Crippen LogP contribution in [0.3, 0.4) is 0 Å². The monoisotopic (exact) mass is 385 g/mol. The highest BCUT2D eigenvalue weighted by Crippen LogP contribution is 2.48. The molecule has 0 radical (unpaired) electrons. The minimum atomic E-state index is -3.56. The van der Waals surface area contributed by atoms with Crippen molar-refractivity contribution in [2.75, 3.05) is 7.11 Å². The second-order valence-electron chi connectivity index (χ2n) is 5.60. The van der Waals surface area contributed by atoms with Gasteiger partial charge < -0.3 is 9.51 Å². The third-order valence-corrected chi connectivity index (χ3v) is 7.04. The van der Waals surface area contributed by atoms with Crippen molar-refractivity contribution < 1.29 is 13.5 Å². The third-order valence-electron chi connectivity index (χ3n) is 3.93. The number of aryl methyl sites for hydroxylation is 2. The molecule has 3 aromatic rings. The summed E-state index contributed by atoms with van der Waals surface area (Å²) in [5, 5.41) is 1.29. The van der Waals surface area contributed by atoms with Crippen LogP contribution in [-0.4, -0.2) is 12.1 Å². The zero-order chi connectivity index (χ0) is 17.6. The lowest BCUT2D eigenvalue weighted by molar-refractivity contribution is 0.412. The minimum Gasteiger partial charge on any atom is -0.358 e. The van der Waals surface area contributed by atoms with E-state index in [0.29, 0.717) is 21.5 Å². The second kappa shape index (κ2) is 6.20. The summed E-state index contributed by atoms with van der Waals surface area (Å²) in [7, 11) is -2.21. The van der Waals surface area contributed by atoms with Crippen LogP contribution in [0.4, 0.5) is 4.39 Å². The van der Waals surface area contributed by atoms with Crippen LogP contribution in [0.15, 0.2) is 30.3 Å². The molecule has 0 amide bonds. The van der Waals surface area contributed by atoms with Crippen molar-refractivity contribution in [3.05, 3.63) is 57.5 Å². The van der Waals surface area contributed by atoms with Crippen LogP contribution in [0.2, 0.25) is 10.0 Å². The number of benzene rings is 2. The Bertz CT molecular complexity index is 980. The minimum absolute atomic E-state index is 0.0346. The first-order valence-corrected chi connectivity index (χ1v) is 9.56. The first kappa shape index (κ1) is 17.5. The number of halogens is 3. The molecule has 7 heteroatoms. The van der Waals surface area contributed by atoms with E-state index in [4.69, 9.17) is 27.7 Å². The molecular weight excluding hydrogens is 371 g/mol. The smallest absolute Gasteiger partial charge is 0.263 e. The summed E-state index contributed by atoms with van der Waals surface area (Å²) in [5.41, 5.74) is 1.92. The largest absolute Gasteiger partial charge is 0.358 e. The number of nitrogens with one attached hydrogen (secondary N) is 1. The summed E-state index contributed by atoms with van der Waals surface area (Å²) in [6.45, 7) is 3.57. The number of H-pyrrole nitrogens is 1. The van der Waals surface area contributed by atoms with Crippen molar-refractivity contribution in [2.24, 2.45) is 0 Å². The van der Waals surface area contributed by atoms with E-state index in [1.54, 1.807) is 31.2 Å². The van der Waals surface area contributed by atoms with Crippen molar-refractivity contribution in [3.63, 3.8) is 0 Å². The zero-order valence-corrected chi connectivity index (χ0v) is 15.7. The highest BCUT2D eigenvalue weighted by Gasteiger charge is 2.34. The lowest BCUT2D eigenvalue weighted by atomic mass is 10.2. The van der Waals surface area contributed by atoms with Crippen molar-refractivity contribution in [2.45, 2.75) is 13.8 Å². The maximum Gasteiger partial charge on any atom is 0.263 e. The molecule has 0 aliphatic carbocycles. The number of hydrogen-bond acceptors (Lipinski definition) is 2. The van der Waals surface area contributed by atoms with Gasteiger partial charge in [0.1, 0.15) is 0 Å². The molecule has 1 atom stereocenters. The van der Waals surface area contributed by atoms with E-state index < -0.39 is 13.2 Å². The first-order valence-electron chi connectivity index (χ1n) is 7.18. The van der Waals surface area contributed by atoms with Crippen LogP contribution in [0.1, 0.15) is 11.3 Å². The second-order valence-corrected chi connectivity index (χ2v) is 8.88. The topological polar surface area (TPSA) is 42.1 Å². The predicted molar refractivity (Wildman–Crippen MR) is 98.1 cm³/mol. The zero-order valence-electron chi connectivity index (χ0n) is 13.3. The maximum absolute atomic E-state index is 14.7. The molecule has 0 fully saturated rings. The fraction of sp³-hybridized carbons (Fsp3) is 0.176. The van der Waals surface area contributed by atoms with Gasteiger partial charge in [-0.3, -0.25) is 4.57 Å².